The fourth-order valence-corrected chi connectivity index (χ4v) is 7.39. The van der Waals surface area contributed by atoms with E-state index in [0.717, 1.165) is 57.8 Å². The van der Waals surface area contributed by atoms with Gasteiger partial charge in [0.25, 0.3) is 0 Å². The lowest BCUT2D eigenvalue weighted by Crippen LogP contribution is -2.45. The van der Waals surface area contributed by atoms with E-state index in [1.807, 2.05) is 6.08 Å². The van der Waals surface area contributed by atoms with Gasteiger partial charge in [-0.05, 0) is 57.8 Å². The van der Waals surface area contributed by atoms with Crippen molar-refractivity contribution in [3.63, 3.8) is 0 Å². The summed E-state index contributed by atoms with van der Waals surface area (Å²) in [6.07, 6.45) is 53.1. The number of ether oxygens (including phenoxy) is 1. The van der Waals surface area contributed by atoms with E-state index in [-0.39, 0.29) is 18.5 Å². The number of hydrogen-bond acceptors (Lipinski definition) is 5. The molecule has 0 bridgehead atoms. The molecule has 0 aliphatic rings. The van der Waals surface area contributed by atoms with Crippen molar-refractivity contribution in [3.05, 3.63) is 24.3 Å². The summed E-state index contributed by atoms with van der Waals surface area (Å²) in [6, 6.07) is -0.636. The highest BCUT2D eigenvalue weighted by molar-refractivity contribution is 5.76. The smallest absolute Gasteiger partial charge is 0.305 e. The highest BCUT2D eigenvalue weighted by Crippen LogP contribution is 2.15. The molecule has 0 aliphatic heterocycles. The number of aliphatic hydroxyl groups is 2. The predicted molar refractivity (Wildman–Crippen MR) is 241 cm³/mol. The molecule has 2 unspecified atom stereocenters. The quantitative estimate of drug-likeness (QED) is 0.0324. The van der Waals surface area contributed by atoms with Gasteiger partial charge in [0.05, 0.1) is 25.4 Å². The van der Waals surface area contributed by atoms with E-state index in [1.54, 1.807) is 6.08 Å². The minimum absolute atomic E-state index is 0.0154. The summed E-state index contributed by atoms with van der Waals surface area (Å²) in [4.78, 5) is 24.4. The number of allylic oxidation sites excluding steroid dienone is 3. The summed E-state index contributed by atoms with van der Waals surface area (Å²) in [5.74, 6) is -0.0983. The average Bonchev–Trinajstić information content (AvgIpc) is 3.20. The number of hydrogen-bond donors (Lipinski definition) is 3. The number of carbonyl (C=O) groups excluding carboxylic acids is 2. The van der Waals surface area contributed by atoms with Crippen molar-refractivity contribution in [2.24, 2.45) is 0 Å². The Labute approximate surface area is 348 Å². The standard InChI is InChI=1S/C50H95NO5/c1-3-5-7-9-11-13-15-16-17-20-24-28-32-36-40-44-50(55)56-45-41-37-33-29-25-21-18-19-23-27-31-35-39-43-49(54)51-47(46-52)48(53)42-38-34-30-26-22-14-12-10-8-6-4-2/h16-17,38,42,47-48,52-53H,3-15,18-37,39-41,43-46H2,1-2H3,(H,51,54)/b17-16-,42-38+. The number of unbranched alkanes of at least 4 members (excludes halogenated alkanes) is 32. The molecule has 0 spiro atoms. The first-order valence-corrected chi connectivity index (χ1v) is 24.6. The Morgan fingerprint density at radius 3 is 1.27 bits per heavy atom. The number of carbonyl (C=O) groups is 2. The van der Waals surface area contributed by atoms with E-state index in [4.69, 9.17) is 4.74 Å². The molecule has 0 aliphatic carbocycles. The highest BCUT2D eigenvalue weighted by atomic mass is 16.5. The summed E-state index contributed by atoms with van der Waals surface area (Å²) in [6.45, 7) is 4.85. The van der Waals surface area contributed by atoms with Gasteiger partial charge in [-0.3, -0.25) is 9.59 Å². The number of esters is 1. The maximum Gasteiger partial charge on any atom is 0.305 e. The molecule has 0 radical (unpaired) electrons. The van der Waals surface area contributed by atoms with E-state index in [1.165, 1.54) is 173 Å². The van der Waals surface area contributed by atoms with Crippen molar-refractivity contribution < 1.29 is 24.5 Å². The van der Waals surface area contributed by atoms with Crippen LogP contribution in [0.4, 0.5) is 0 Å². The van der Waals surface area contributed by atoms with Crippen LogP contribution in [-0.4, -0.2) is 47.4 Å². The summed E-state index contributed by atoms with van der Waals surface area (Å²) in [5, 5.41) is 22.9. The molecule has 0 aromatic carbocycles. The highest BCUT2D eigenvalue weighted by Gasteiger charge is 2.18. The first-order valence-electron chi connectivity index (χ1n) is 24.6. The largest absolute Gasteiger partial charge is 0.466 e. The van der Waals surface area contributed by atoms with Gasteiger partial charge >= 0.3 is 5.97 Å². The molecule has 6 nitrogen and oxygen atoms in total. The molecule has 3 N–H and O–H groups in total. The van der Waals surface area contributed by atoms with E-state index in [2.05, 4.69) is 31.3 Å². The monoisotopic (exact) mass is 790 g/mol. The third-order valence-electron chi connectivity index (χ3n) is 11.2. The normalized spacial score (nSPS) is 12.9. The van der Waals surface area contributed by atoms with Crippen LogP contribution in [0.25, 0.3) is 0 Å². The van der Waals surface area contributed by atoms with E-state index in [0.29, 0.717) is 19.4 Å². The SMILES string of the molecule is CCCCCCCC/C=C\CCCCCCCC(=O)OCCCCCCCCCCCCCCCC(=O)NC(CO)C(O)/C=C/CCCCCCCCCCC. The van der Waals surface area contributed by atoms with Crippen LogP contribution in [0.3, 0.4) is 0 Å². The van der Waals surface area contributed by atoms with Gasteiger partial charge in [-0.15, -0.1) is 0 Å². The molecule has 6 heteroatoms. The molecular formula is C50H95NO5. The molecule has 0 aromatic rings. The number of nitrogens with one attached hydrogen (secondary N) is 1. The maximum absolute atomic E-state index is 12.4. The van der Waals surface area contributed by atoms with Gasteiger partial charge in [0.2, 0.25) is 5.91 Å². The van der Waals surface area contributed by atoms with Crippen molar-refractivity contribution in [2.45, 2.75) is 270 Å². The molecule has 2 atom stereocenters. The Bertz CT molecular complexity index is 874. The van der Waals surface area contributed by atoms with Gasteiger partial charge in [-0.25, -0.2) is 0 Å². The van der Waals surface area contributed by atoms with Crippen molar-refractivity contribution in [3.8, 4) is 0 Å². The molecule has 0 saturated heterocycles. The lowest BCUT2D eigenvalue weighted by Gasteiger charge is -2.20. The van der Waals surface area contributed by atoms with Crippen molar-refractivity contribution in [2.75, 3.05) is 13.2 Å². The Morgan fingerprint density at radius 2 is 0.839 bits per heavy atom. The summed E-state index contributed by atoms with van der Waals surface area (Å²) in [7, 11) is 0. The number of amides is 1. The van der Waals surface area contributed by atoms with Crippen LogP contribution in [0.15, 0.2) is 24.3 Å². The van der Waals surface area contributed by atoms with E-state index >= 15 is 0 Å². The first kappa shape index (κ1) is 54.3. The van der Waals surface area contributed by atoms with Gasteiger partial charge < -0.3 is 20.3 Å². The van der Waals surface area contributed by atoms with Crippen LogP contribution in [0, 0.1) is 0 Å². The lowest BCUT2D eigenvalue weighted by atomic mass is 10.0. The van der Waals surface area contributed by atoms with Crippen molar-refractivity contribution >= 4 is 11.9 Å². The summed E-state index contributed by atoms with van der Waals surface area (Å²) >= 11 is 0. The van der Waals surface area contributed by atoms with Gasteiger partial charge in [0, 0.05) is 12.8 Å². The molecular weight excluding hydrogens is 695 g/mol. The van der Waals surface area contributed by atoms with Crippen LogP contribution < -0.4 is 5.32 Å². The van der Waals surface area contributed by atoms with E-state index < -0.39 is 12.1 Å². The fraction of sp³-hybridized carbons (Fsp3) is 0.880. The molecule has 0 aromatic heterocycles. The zero-order chi connectivity index (χ0) is 40.8. The Morgan fingerprint density at radius 1 is 0.482 bits per heavy atom. The zero-order valence-corrected chi connectivity index (χ0v) is 37.4. The van der Waals surface area contributed by atoms with Crippen LogP contribution in [0.1, 0.15) is 258 Å². The second-order valence-corrected chi connectivity index (χ2v) is 16.8. The maximum atomic E-state index is 12.4. The molecule has 330 valence electrons. The van der Waals surface area contributed by atoms with Gasteiger partial charge in [-0.2, -0.15) is 0 Å². The minimum Gasteiger partial charge on any atom is -0.466 e. The molecule has 56 heavy (non-hydrogen) atoms. The van der Waals surface area contributed by atoms with Gasteiger partial charge in [0.15, 0.2) is 0 Å². The van der Waals surface area contributed by atoms with Crippen molar-refractivity contribution in [1.29, 1.82) is 0 Å². The molecule has 0 fully saturated rings. The lowest BCUT2D eigenvalue weighted by molar-refractivity contribution is -0.143. The first-order chi connectivity index (χ1) is 27.5. The van der Waals surface area contributed by atoms with Gasteiger partial charge in [-0.1, -0.05) is 212 Å². The van der Waals surface area contributed by atoms with Crippen LogP contribution >= 0.6 is 0 Å². The second-order valence-electron chi connectivity index (χ2n) is 16.8. The third kappa shape index (κ3) is 42.0. The van der Waals surface area contributed by atoms with Crippen LogP contribution in [0.2, 0.25) is 0 Å². The Hall–Kier alpha value is -1.66. The molecule has 0 heterocycles. The predicted octanol–water partition coefficient (Wildman–Crippen LogP) is 14.3. The fourth-order valence-electron chi connectivity index (χ4n) is 7.39. The zero-order valence-electron chi connectivity index (χ0n) is 37.4. The van der Waals surface area contributed by atoms with Crippen molar-refractivity contribution in [1.82, 2.24) is 5.32 Å². The minimum atomic E-state index is -0.851. The molecule has 1 amide bonds. The topological polar surface area (TPSA) is 95.9 Å². The Kier molecular flexibility index (Phi) is 44.7. The molecule has 0 saturated carbocycles. The number of rotatable bonds is 45. The van der Waals surface area contributed by atoms with Crippen LogP contribution in [0.5, 0.6) is 0 Å². The average molecular weight is 790 g/mol. The second kappa shape index (κ2) is 46.0. The summed E-state index contributed by atoms with van der Waals surface area (Å²) < 4.78 is 5.45. The number of aliphatic hydroxyl groups excluding tert-OH is 2. The summed E-state index contributed by atoms with van der Waals surface area (Å²) in [5.41, 5.74) is 0. The molecule has 0 rings (SSSR count). The Balaban J connectivity index is 3.47. The third-order valence-corrected chi connectivity index (χ3v) is 11.2. The van der Waals surface area contributed by atoms with E-state index in [9.17, 15) is 19.8 Å². The van der Waals surface area contributed by atoms with Gasteiger partial charge in [0.1, 0.15) is 0 Å². The van der Waals surface area contributed by atoms with Crippen LogP contribution in [-0.2, 0) is 14.3 Å².